The summed E-state index contributed by atoms with van der Waals surface area (Å²) in [7, 11) is 0. The first-order chi connectivity index (χ1) is 10.2. The highest BCUT2D eigenvalue weighted by atomic mass is 16.5. The molecule has 1 heterocycles. The second kappa shape index (κ2) is 7.17. The Morgan fingerprint density at radius 2 is 2.05 bits per heavy atom. The minimum atomic E-state index is -1.25. The molecule has 0 aromatic heterocycles. The van der Waals surface area contributed by atoms with Gasteiger partial charge in [-0.25, -0.2) is 9.59 Å². The second-order valence-electron chi connectivity index (χ2n) is 5.58. The van der Waals surface area contributed by atoms with E-state index in [9.17, 15) is 19.2 Å². The highest BCUT2D eigenvalue weighted by Gasteiger charge is 2.41. The molecule has 1 aliphatic heterocycles. The first-order valence-corrected chi connectivity index (χ1v) is 6.79. The maximum absolute atomic E-state index is 12.3. The Hall–Kier alpha value is -2.22. The number of carboxylic acid groups (broad SMARTS) is 1. The molecule has 22 heavy (non-hydrogen) atoms. The van der Waals surface area contributed by atoms with Crippen molar-refractivity contribution in [2.75, 3.05) is 26.2 Å². The molecule has 122 valence electrons. The van der Waals surface area contributed by atoms with Crippen molar-refractivity contribution in [3.63, 3.8) is 0 Å². The van der Waals surface area contributed by atoms with Gasteiger partial charge in [0.05, 0.1) is 5.41 Å². The Bertz CT molecular complexity index is 500. The van der Waals surface area contributed by atoms with Gasteiger partial charge in [-0.05, 0) is 13.8 Å². The number of aliphatic carboxylic acids is 1. The lowest BCUT2D eigenvalue weighted by Crippen LogP contribution is -2.59. The minimum Gasteiger partial charge on any atom is -0.480 e. The molecule has 2 N–H and O–H groups in total. The van der Waals surface area contributed by atoms with Gasteiger partial charge < -0.3 is 20.1 Å². The van der Waals surface area contributed by atoms with Crippen molar-refractivity contribution in [3.8, 4) is 0 Å². The number of ether oxygens (including phenoxy) is 1. The molecule has 0 aliphatic carbocycles. The number of ketones is 1. The Morgan fingerprint density at radius 1 is 1.41 bits per heavy atom. The molecule has 0 unspecified atom stereocenters. The summed E-state index contributed by atoms with van der Waals surface area (Å²) in [6.45, 7) is 6.50. The predicted octanol–water partition coefficient (Wildman–Crippen LogP) is -0.804. The average Bonchev–Trinajstić information content (AvgIpc) is 2.51. The summed E-state index contributed by atoms with van der Waals surface area (Å²) in [6, 6.07) is -1.09. The van der Waals surface area contributed by atoms with Gasteiger partial charge in [0.15, 0.2) is 0 Å². The van der Waals surface area contributed by atoms with E-state index in [2.05, 4.69) is 11.9 Å². The monoisotopic (exact) mass is 312 g/mol. The van der Waals surface area contributed by atoms with Gasteiger partial charge in [-0.3, -0.25) is 9.59 Å². The number of carboxylic acids is 1. The summed E-state index contributed by atoms with van der Waals surface area (Å²) < 4.78 is 4.81. The number of amides is 1. The predicted molar refractivity (Wildman–Crippen MR) is 76.0 cm³/mol. The number of carbonyl (C=O) groups is 4. The number of esters is 1. The normalized spacial score (nSPS) is 18.5. The van der Waals surface area contributed by atoms with Crippen LogP contribution in [0, 0.1) is 5.41 Å². The minimum absolute atomic E-state index is 0.0836. The Morgan fingerprint density at radius 3 is 2.59 bits per heavy atom. The van der Waals surface area contributed by atoms with Crippen LogP contribution in [0.2, 0.25) is 0 Å². The van der Waals surface area contributed by atoms with E-state index in [1.54, 1.807) is 0 Å². The summed E-state index contributed by atoms with van der Waals surface area (Å²) >= 11 is 0. The fraction of sp³-hybridized carbons (Fsp3) is 0.571. The zero-order valence-electron chi connectivity index (χ0n) is 12.6. The number of hydrogen-bond donors (Lipinski definition) is 2. The van der Waals surface area contributed by atoms with Crippen LogP contribution in [0.4, 0.5) is 0 Å². The molecule has 1 rings (SSSR count). The zero-order chi connectivity index (χ0) is 16.9. The Balaban J connectivity index is 2.81. The third-order valence-electron chi connectivity index (χ3n) is 3.34. The first-order valence-electron chi connectivity index (χ1n) is 6.79. The van der Waals surface area contributed by atoms with E-state index in [0.29, 0.717) is 6.54 Å². The van der Waals surface area contributed by atoms with E-state index in [1.807, 2.05) is 0 Å². The van der Waals surface area contributed by atoms with Gasteiger partial charge in [0.25, 0.3) is 5.91 Å². The molecule has 0 aromatic rings. The van der Waals surface area contributed by atoms with Gasteiger partial charge >= 0.3 is 11.9 Å². The zero-order valence-corrected chi connectivity index (χ0v) is 12.6. The molecule has 1 amide bonds. The van der Waals surface area contributed by atoms with E-state index in [4.69, 9.17) is 9.84 Å². The van der Waals surface area contributed by atoms with Crippen LogP contribution < -0.4 is 5.32 Å². The van der Waals surface area contributed by atoms with Crippen LogP contribution in [0.15, 0.2) is 12.7 Å². The van der Waals surface area contributed by atoms with E-state index in [1.165, 1.54) is 13.8 Å². The van der Waals surface area contributed by atoms with Gasteiger partial charge in [-0.1, -0.05) is 6.58 Å². The van der Waals surface area contributed by atoms with Crippen molar-refractivity contribution in [1.29, 1.82) is 0 Å². The van der Waals surface area contributed by atoms with Crippen LogP contribution in [0.1, 0.15) is 13.8 Å². The number of nitrogens with one attached hydrogen (secondary N) is 1. The topological polar surface area (TPSA) is 113 Å². The van der Waals surface area contributed by atoms with Crippen molar-refractivity contribution in [3.05, 3.63) is 12.7 Å². The van der Waals surface area contributed by atoms with Crippen molar-refractivity contribution in [2.45, 2.75) is 19.9 Å². The Labute approximate surface area is 128 Å². The van der Waals surface area contributed by atoms with Crippen LogP contribution in [0.5, 0.6) is 0 Å². The van der Waals surface area contributed by atoms with Gasteiger partial charge in [0.1, 0.15) is 12.6 Å². The second-order valence-corrected chi connectivity index (χ2v) is 5.58. The van der Waals surface area contributed by atoms with Crippen molar-refractivity contribution in [1.82, 2.24) is 10.2 Å². The summed E-state index contributed by atoms with van der Waals surface area (Å²) in [4.78, 5) is 47.9. The SMILES string of the molecule is C=CC(=O)OCC(C)(C)C(=O)C(=O)N1CCNC[C@H]1C(=O)O. The third-order valence-corrected chi connectivity index (χ3v) is 3.34. The molecule has 8 nitrogen and oxygen atoms in total. The summed E-state index contributed by atoms with van der Waals surface area (Å²) in [5.74, 6) is -3.55. The van der Waals surface area contributed by atoms with Crippen LogP contribution in [0.25, 0.3) is 0 Å². The third kappa shape index (κ3) is 4.14. The highest BCUT2D eigenvalue weighted by molar-refractivity contribution is 6.38. The first kappa shape index (κ1) is 17.8. The molecule has 0 radical (unpaired) electrons. The van der Waals surface area contributed by atoms with Gasteiger partial charge in [0.2, 0.25) is 5.78 Å². The van der Waals surface area contributed by atoms with E-state index in [-0.39, 0.29) is 19.7 Å². The lowest BCUT2D eigenvalue weighted by atomic mass is 9.88. The maximum atomic E-state index is 12.3. The number of piperazine rings is 1. The quantitative estimate of drug-likeness (QED) is 0.375. The standard InChI is InChI=1S/C14H20N2O6/c1-4-10(17)22-8-14(2,3)11(18)12(19)16-6-5-15-7-9(16)13(20)21/h4,9,15H,1,5-8H2,2-3H3,(H,20,21)/t9-/m0/s1. The van der Waals surface area contributed by atoms with Crippen molar-refractivity contribution in [2.24, 2.45) is 5.41 Å². The van der Waals surface area contributed by atoms with E-state index < -0.39 is 35.1 Å². The number of carbonyl (C=O) groups excluding carboxylic acids is 3. The summed E-state index contributed by atoms with van der Waals surface area (Å²) in [6.07, 6.45) is 0.957. The van der Waals surface area contributed by atoms with Gasteiger partial charge in [-0.2, -0.15) is 0 Å². The van der Waals surface area contributed by atoms with Crippen molar-refractivity contribution < 1.29 is 29.0 Å². The van der Waals surface area contributed by atoms with Crippen LogP contribution in [-0.4, -0.2) is 65.9 Å². The number of hydrogen-bond acceptors (Lipinski definition) is 6. The molecular weight excluding hydrogens is 292 g/mol. The molecule has 0 aromatic carbocycles. The van der Waals surface area contributed by atoms with Gasteiger partial charge in [-0.15, -0.1) is 0 Å². The number of Topliss-reactive ketones (excluding diaryl/α,β-unsaturated/α-hetero) is 1. The molecular formula is C14H20N2O6. The molecule has 1 aliphatic rings. The fourth-order valence-electron chi connectivity index (χ4n) is 1.96. The van der Waals surface area contributed by atoms with Crippen LogP contribution in [0.3, 0.4) is 0 Å². The Kier molecular flexibility index (Phi) is 5.81. The highest BCUT2D eigenvalue weighted by Crippen LogP contribution is 2.20. The molecule has 8 heteroatoms. The fourth-order valence-corrected chi connectivity index (χ4v) is 1.96. The van der Waals surface area contributed by atoms with E-state index in [0.717, 1.165) is 11.0 Å². The molecule has 1 atom stereocenters. The average molecular weight is 312 g/mol. The van der Waals surface area contributed by atoms with Crippen LogP contribution in [-0.2, 0) is 23.9 Å². The number of nitrogens with zero attached hydrogens (tertiary/aromatic N) is 1. The maximum Gasteiger partial charge on any atom is 0.330 e. The largest absolute Gasteiger partial charge is 0.480 e. The molecule has 0 saturated carbocycles. The summed E-state index contributed by atoms with van der Waals surface area (Å²) in [5.41, 5.74) is -1.25. The van der Waals surface area contributed by atoms with E-state index >= 15 is 0 Å². The molecule has 0 bridgehead atoms. The lowest BCUT2D eigenvalue weighted by molar-refractivity contribution is -0.159. The van der Waals surface area contributed by atoms with Crippen molar-refractivity contribution >= 4 is 23.6 Å². The van der Waals surface area contributed by atoms with Crippen LogP contribution >= 0.6 is 0 Å². The number of rotatable bonds is 6. The molecule has 0 spiro atoms. The smallest absolute Gasteiger partial charge is 0.330 e. The summed E-state index contributed by atoms with van der Waals surface area (Å²) in [5, 5.41) is 12.0. The molecule has 1 fully saturated rings. The van der Waals surface area contributed by atoms with Gasteiger partial charge in [0, 0.05) is 25.7 Å². The molecule has 1 saturated heterocycles. The lowest BCUT2D eigenvalue weighted by Gasteiger charge is -2.34.